The number of H-pyrrole nitrogens is 1. The number of pyridine rings is 1. The highest BCUT2D eigenvalue weighted by atomic mass is 16.2. The summed E-state index contributed by atoms with van der Waals surface area (Å²) in [5, 5.41) is 7.27. The zero-order valence-corrected chi connectivity index (χ0v) is 15.5. The molecule has 0 aliphatic heterocycles. The maximum absolute atomic E-state index is 13.0. The fourth-order valence-corrected chi connectivity index (χ4v) is 3.71. The Morgan fingerprint density at radius 1 is 1.36 bits per heavy atom. The van der Waals surface area contributed by atoms with Gasteiger partial charge in [0.05, 0.1) is 17.5 Å². The van der Waals surface area contributed by atoms with E-state index in [1.807, 2.05) is 24.2 Å². The molecule has 1 N–H and O–H groups in total. The number of likely N-dealkylation sites (N-methyl/N-ethyl adjacent to an activating group) is 1. The average molecular weight is 340 g/mol. The van der Waals surface area contributed by atoms with Crippen molar-refractivity contribution in [2.24, 2.45) is 0 Å². The monoisotopic (exact) mass is 340 g/mol. The lowest BCUT2D eigenvalue weighted by Crippen LogP contribution is -2.37. The van der Waals surface area contributed by atoms with Crippen molar-refractivity contribution in [3.05, 3.63) is 47.0 Å². The topological polar surface area (TPSA) is 61.9 Å². The lowest BCUT2D eigenvalue weighted by molar-refractivity contribution is 0.0741. The van der Waals surface area contributed by atoms with Gasteiger partial charge in [-0.25, -0.2) is 0 Å². The largest absolute Gasteiger partial charge is 0.339 e. The highest BCUT2D eigenvalue weighted by Crippen LogP contribution is 2.33. The van der Waals surface area contributed by atoms with Gasteiger partial charge in [0.25, 0.3) is 5.91 Å². The fraction of sp³-hybridized carbons (Fsp3) is 0.550. The van der Waals surface area contributed by atoms with Gasteiger partial charge in [0.1, 0.15) is 0 Å². The molecule has 3 rings (SSSR count). The molecule has 5 heteroatoms. The average Bonchev–Trinajstić information content (AvgIpc) is 3.11. The fourth-order valence-electron chi connectivity index (χ4n) is 3.71. The van der Waals surface area contributed by atoms with Crippen LogP contribution in [0, 0.1) is 6.92 Å². The molecular weight excluding hydrogens is 312 g/mol. The molecule has 2 heterocycles. The molecule has 1 aliphatic rings. The summed E-state index contributed by atoms with van der Waals surface area (Å²) in [6.07, 6.45) is 10.3. The number of amides is 1. The summed E-state index contributed by atoms with van der Waals surface area (Å²) in [5.41, 5.74) is 3.98. The van der Waals surface area contributed by atoms with Gasteiger partial charge in [-0.3, -0.25) is 14.9 Å². The summed E-state index contributed by atoms with van der Waals surface area (Å²) in [6.45, 7) is 4.13. The number of nitrogens with zero attached hydrogens (tertiary/aromatic N) is 3. The lowest BCUT2D eigenvalue weighted by atomic mass is 9.85. The van der Waals surface area contributed by atoms with Crippen LogP contribution >= 0.6 is 0 Å². The molecule has 2 aromatic heterocycles. The Morgan fingerprint density at radius 3 is 2.84 bits per heavy atom. The lowest BCUT2D eigenvalue weighted by Gasteiger charge is -2.26. The van der Waals surface area contributed by atoms with Gasteiger partial charge in [-0.15, -0.1) is 0 Å². The molecule has 1 aliphatic carbocycles. The Balaban J connectivity index is 1.71. The molecule has 1 saturated carbocycles. The summed E-state index contributed by atoms with van der Waals surface area (Å²) >= 11 is 0. The van der Waals surface area contributed by atoms with E-state index in [4.69, 9.17) is 0 Å². The van der Waals surface area contributed by atoms with E-state index < -0.39 is 0 Å². The molecule has 0 aromatic carbocycles. The van der Waals surface area contributed by atoms with E-state index in [-0.39, 0.29) is 11.9 Å². The summed E-state index contributed by atoms with van der Waals surface area (Å²) in [6, 6.07) is 4.15. The van der Waals surface area contributed by atoms with Crippen molar-refractivity contribution in [1.82, 2.24) is 20.1 Å². The van der Waals surface area contributed by atoms with Gasteiger partial charge in [-0.05, 0) is 44.4 Å². The number of hydrogen-bond acceptors (Lipinski definition) is 3. The number of aromatic nitrogens is 3. The van der Waals surface area contributed by atoms with Crippen LogP contribution in [-0.2, 0) is 6.42 Å². The van der Waals surface area contributed by atoms with Gasteiger partial charge in [0, 0.05) is 37.3 Å². The van der Waals surface area contributed by atoms with E-state index in [1.54, 1.807) is 6.20 Å². The molecule has 25 heavy (non-hydrogen) atoms. The molecule has 134 valence electrons. The van der Waals surface area contributed by atoms with E-state index in [9.17, 15) is 4.79 Å². The molecule has 0 bridgehead atoms. The van der Waals surface area contributed by atoms with Crippen LogP contribution in [0.15, 0.2) is 24.5 Å². The zero-order valence-electron chi connectivity index (χ0n) is 15.5. The quantitative estimate of drug-likeness (QED) is 0.899. The van der Waals surface area contributed by atoms with Crippen LogP contribution < -0.4 is 0 Å². The second-order valence-electron chi connectivity index (χ2n) is 7.33. The smallest absolute Gasteiger partial charge is 0.257 e. The highest BCUT2D eigenvalue weighted by molar-refractivity contribution is 5.95. The summed E-state index contributed by atoms with van der Waals surface area (Å²) in [5.74, 6) is 0.492. The molecule has 0 saturated heterocycles. The van der Waals surface area contributed by atoms with Gasteiger partial charge in [-0.2, -0.15) is 5.10 Å². The molecule has 0 radical (unpaired) electrons. The maximum Gasteiger partial charge on any atom is 0.257 e. The number of nitrogens with one attached hydrogen (secondary N) is 1. The predicted molar refractivity (Wildman–Crippen MR) is 98.6 cm³/mol. The Bertz CT molecular complexity index is 718. The maximum atomic E-state index is 13.0. The molecule has 2 aromatic rings. The van der Waals surface area contributed by atoms with Crippen LogP contribution in [0.4, 0.5) is 0 Å². The van der Waals surface area contributed by atoms with Gasteiger partial charge in [-0.1, -0.05) is 19.3 Å². The van der Waals surface area contributed by atoms with Crippen LogP contribution in [0.25, 0.3) is 0 Å². The molecule has 0 spiro atoms. The van der Waals surface area contributed by atoms with Crippen LogP contribution in [0.2, 0.25) is 0 Å². The van der Waals surface area contributed by atoms with E-state index in [2.05, 4.69) is 35.1 Å². The van der Waals surface area contributed by atoms with E-state index in [0.717, 1.165) is 36.2 Å². The minimum atomic E-state index is 0.0504. The Hall–Kier alpha value is -2.17. The predicted octanol–water partition coefficient (Wildman–Crippen LogP) is 3.86. The second-order valence-corrected chi connectivity index (χ2v) is 7.33. The van der Waals surface area contributed by atoms with Crippen LogP contribution in [0.3, 0.4) is 0 Å². The van der Waals surface area contributed by atoms with Crippen molar-refractivity contribution < 1.29 is 4.79 Å². The van der Waals surface area contributed by atoms with Crippen molar-refractivity contribution in [2.75, 3.05) is 7.05 Å². The number of carbonyl (C=O) groups excluding carboxylic acids is 1. The number of rotatable bonds is 5. The van der Waals surface area contributed by atoms with Crippen molar-refractivity contribution in [3.63, 3.8) is 0 Å². The van der Waals surface area contributed by atoms with Crippen LogP contribution in [0.5, 0.6) is 0 Å². The van der Waals surface area contributed by atoms with Crippen molar-refractivity contribution >= 4 is 5.91 Å². The van der Waals surface area contributed by atoms with E-state index in [1.165, 1.54) is 24.8 Å². The van der Waals surface area contributed by atoms with Gasteiger partial charge >= 0.3 is 0 Å². The van der Waals surface area contributed by atoms with Crippen molar-refractivity contribution in [3.8, 4) is 0 Å². The normalized spacial score (nSPS) is 16.6. The van der Waals surface area contributed by atoms with E-state index >= 15 is 0 Å². The summed E-state index contributed by atoms with van der Waals surface area (Å²) in [4.78, 5) is 19.3. The van der Waals surface area contributed by atoms with E-state index in [0.29, 0.717) is 5.92 Å². The third-order valence-corrected chi connectivity index (χ3v) is 5.37. The molecule has 1 unspecified atom stereocenters. The summed E-state index contributed by atoms with van der Waals surface area (Å²) < 4.78 is 0. The number of carbonyl (C=O) groups is 1. The number of aryl methyl sites for hydroxylation is 1. The zero-order chi connectivity index (χ0) is 17.8. The first-order valence-corrected chi connectivity index (χ1v) is 9.28. The standard InChI is InChI=1S/C20H28N4O/c1-14-9-10-21-17(11-14)12-15(2)24(3)20(25)18-13-22-23-19(18)16-7-5-4-6-8-16/h9-11,13,15-16H,4-8,12H2,1-3H3,(H,22,23). The Morgan fingerprint density at radius 2 is 2.12 bits per heavy atom. The molecule has 5 nitrogen and oxygen atoms in total. The third kappa shape index (κ3) is 4.09. The Kier molecular flexibility index (Phi) is 5.51. The molecular formula is C20H28N4O. The second kappa shape index (κ2) is 7.81. The van der Waals surface area contributed by atoms with Crippen molar-refractivity contribution in [1.29, 1.82) is 0 Å². The summed E-state index contributed by atoms with van der Waals surface area (Å²) in [7, 11) is 1.88. The number of hydrogen-bond donors (Lipinski definition) is 1. The molecule has 1 amide bonds. The van der Waals surface area contributed by atoms with Gasteiger partial charge < -0.3 is 4.90 Å². The highest BCUT2D eigenvalue weighted by Gasteiger charge is 2.26. The first kappa shape index (κ1) is 17.6. The SMILES string of the molecule is Cc1ccnc(CC(C)N(C)C(=O)c2cn[nH]c2C2CCCCC2)c1. The first-order chi connectivity index (χ1) is 12.1. The molecule has 1 atom stereocenters. The minimum Gasteiger partial charge on any atom is -0.339 e. The van der Waals surface area contributed by atoms with Gasteiger partial charge in [0.2, 0.25) is 0 Å². The first-order valence-electron chi connectivity index (χ1n) is 9.28. The Labute approximate surface area is 149 Å². The van der Waals surface area contributed by atoms with Crippen LogP contribution in [0.1, 0.15) is 72.3 Å². The van der Waals surface area contributed by atoms with Crippen molar-refractivity contribution in [2.45, 2.75) is 64.3 Å². The minimum absolute atomic E-state index is 0.0504. The van der Waals surface area contributed by atoms with Crippen LogP contribution in [-0.4, -0.2) is 39.1 Å². The number of aromatic amines is 1. The van der Waals surface area contributed by atoms with Gasteiger partial charge in [0.15, 0.2) is 0 Å². The third-order valence-electron chi connectivity index (χ3n) is 5.37. The molecule has 1 fully saturated rings.